The first-order valence-corrected chi connectivity index (χ1v) is 43.3. The summed E-state index contributed by atoms with van der Waals surface area (Å²) in [4.78, 5) is 0. The molecule has 0 bridgehead atoms. The predicted octanol–water partition coefficient (Wildman–Crippen LogP) is 10.5. The van der Waals surface area contributed by atoms with Crippen molar-refractivity contribution in [3.63, 3.8) is 0 Å². The summed E-state index contributed by atoms with van der Waals surface area (Å²) in [6.45, 7) is 16.5. The van der Waals surface area contributed by atoms with E-state index in [0.717, 1.165) is 56.4 Å². The molecule has 0 saturated heterocycles. The highest BCUT2D eigenvalue weighted by Crippen LogP contribution is 2.61. The van der Waals surface area contributed by atoms with Gasteiger partial charge < -0.3 is 10.2 Å². The van der Waals surface area contributed by atoms with Crippen LogP contribution in [0.3, 0.4) is 0 Å². The highest BCUT2D eigenvalue weighted by molar-refractivity contribution is 8.77. The Morgan fingerprint density at radius 1 is 0.700 bits per heavy atom. The fourth-order valence-electron chi connectivity index (χ4n) is 9.88. The van der Waals surface area contributed by atoms with Crippen molar-refractivity contribution in [2.24, 2.45) is 16.7 Å². The maximum absolute atomic E-state index is 10.4. The lowest BCUT2D eigenvalue weighted by Gasteiger charge is -2.45. The molecule has 2 fully saturated rings. The van der Waals surface area contributed by atoms with Crippen molar-refractivity contribution in [3.05, 3.63) is 99.7 Å². The van der Waals surface area contributed by atoms with Gasteiger partial charge in [-0.3, -0.25) is 0 Å². The van der Waals surface area contributed by atoms with Gasteiger partial charge in [0.1, 0.15) is 0 Å². The van der Waals surface area contributed by atoms with Crippen LogP contribution in [0.15, 0.2) is 78.0 Å². The molecule has 0 unspecified atom stereocenters. The van der Waals surface area contributed by atoms with Crippen LogP contribution >= 0.6 is 11.6 Å². The monoisotopic (exact) mass is 1140 g/mol. The van der Waals surface area contributed by atoms with Gasteiger partial charge in [-0.15, -0.1) is 0 Å². The van der Waals surface area contributed by atoms with Gasteiger partial charge in [0.25, 0.3) is 0 Å². The molecule has 2 nitrogen and oxygen atoms in total. The third-order valence-electron chi connectivity index (χ3n) is 12.5. The Bertz CT molecular complexity index is 2690. The average molecular weight is 1140 g/mol. The SMILES string of the molecule is C=C1C(c2ccccc2)=C([Si](C)(C)C)C[C@@]2(CC)C[C@@H](O)C[C@H]12.CC[C@@]12CCc3c(cc(Cl)c4ccccc34)[C@H]1C[C@H](O)C2.S=S=S=S=S=S=S=S=S=S=S=S=S=S=S=S. The quantitative estimate of drug-likeness (QED) is 0.256. The zero-order chi connectivity index (χ0) is 43.3. The Morgan fingerprint density at radius 3 is 1.70 bits per heavy atom. The normalized spacial score (nSPS) is 24.9. The predicted molar refractivity (Wildman–Crippen MR) is 308 cm³/mol. The van der Waals surface area contributed by atoms with E-state index in [4.69, 9.17) is 34.0 Å². The number of aliphatic hydroxyl groups is 2. The lowest BCUT2D eigenvalue weighted by Crippen LogP contribution is -2.38. The van der Waals surface area contributed by atoms with Crippen molar-refractivity contribution in [2.45, 2.75) is 109 Å². The molecule has 7 rings (SSSR count). The lowest BCUT2D eigenvalue weighted by molar-refractivity contribution is 0.148. The third-order valence-corrected chi connectivity index (χ3v) is 43.9. The number of rotatable bonds is 4. The molecule has 2 N–H and O–H groups in total. The minimum absolute atomic E-state index is 0.147. The molecule has 4 aliphatic carbocycles. The van der Waals surface area contributed by atoms with Crippen molar-refractivity contribution in [1.29, 1.82) is 0 Å². The van der Waals surface area contributed by atoms with E-state index in [2.05, 4.69) is 101 Å². The molecular weight excluding hydrogens is 1090 g/mol. The van der Waals surface area contributed by atoms with Crippen LogP contribution in [0.1, 0.15) is 87.8 Å². The maximum atomic E-state index is 10.4. The number of allylic oxidation sites excluding steroid dienone is 3. The van der Waals surface area contributed by atoms with E-state index in [1.54, 1.807) is 112 Å². The first kappa shape index (κ1) is 52.3. The second-order valence-electron chi connectivity index (χ2n) is 16.3. The number of halogens is 1. The van der Waals surface area contributed by atoms with E-state index in [1.807, 2.05) is 0 Å². The van der Waals surface area contributed by atoms with E-state index in [-0.39, 0.29) is 23.0 Å². The number of hydrogen-bond donors (Lipinski definition) is 2. The fraction of sp³-hybridized carbons (Fsp3) is 0.500. The van der Waals surface area contributed by atoms with Crippen LogP contribution in [0.25, 0.3) is 16.3 Å². The van der Waals surface area contributed by atoms with Gasteiger partial charge in [0.2, 0.25) is 0 Å². The molecule has 330 valence electrons. The molecule has 3 aromatic rings. The van der Waals surface area contributed by atoms with Gasteiger partial charge in [0, 0.05) is 157 Å². The molecule has 4 aliphatic rings. The number of aliphatic hydroxyl groups excluding tert-OH is 2. The minimum atomic E-state index is -1.45. The molecule has 0 spiro atoms. The number of benzene rings is 3. The van der Waals surface area contributed by atoms with Crippen LogP contribution in [0.4, 0.5) is 0 Å². The highest BCUT2D eigenvalue weighted by atomic mass is 35.5. The van der Waals surface area contributed by atoms with E-state index in [0.29, 0.717) is 11.8 Å². The molecule has 0 amide bonds. The van der Waals surface area contributed by atoms with E-state index < -0.39 is 8.07 Å². The second kappa shape index (κ2) is 25.5. The van der Waals surface area contributed by atoms with Crippen molar-refractivity contribution in [3.8, 4) is 0 Å². The highest BCUT2D eigenvalue weighted by Gasteiger charge is 2.52. The summed E-state index contributed by atoms with van der Waals surface area (Å²) in [6.07, 6.45) is 9.15. The first-order chi connectivity index (χ1) is 28.8. The molecule has 0 aliphatic heterocycles. The zero-order valence-electron chi connectivity index (χ0n) is 34.0. The van der Waals surface area contributed by atoms with Crippen molar-refractivity contribution >= 4 is 183 Å². The second-order valence-corrected chi connectivity index (χ2v) is 46.6. The average Bonchev–Trinajstić information content (AvgIpc) is 3.78. The van der Waals surface area contributed by atoms with E-state index in [9.17, 15) is 10.2 Å². The van der Waals surface area contributed by atoms with Gasteiger partial charge in [-0.25, -0.2) is 0 Å². The molecule has 3 aromatic carbocycles. The number of hydrogen-bond acceptors (Lipinski definition) is 4. The van der Waals surface area contributed by atoms with E-state index >= 15 is 0 Å². The maximum Gasteiger partial charge on any atom is 0.0732 e. The van der Waals surface area contributed by atoms with Crippen LogP contribution in [0.5, 0.6) is 0 Å². The van der Waals surface area contributed by atoms with Crippen LogP contribution in [0, 0.1) is 16.7 Å². The van der Waals surface area contributed by atoms with Crippen molar-refractivity contribution < 1.29 is 10.2 Å². The van der Waals surface area contributed by atoms with Gasteiger partial charge in [-0.1, -0.05) is 111 Å². The lowest BCUT2D eigenvalue weighted by atomic mass is 9.64. The zero-order valence-corrected chi connectivity index (χ0v) is 48.8. The molecule has 60 heavy (non-hydrogen) atoms. The van der Waals surface area contributed by atoms with Gasteiger partial charge in [-0.05, 0) is 120 Å². The summed E-state index contributed by atoms with van der Waals surface area (Å²) >= 11 is 16.0. The molecule has 0 radical (unpaired) electrons. The van der Waals surface area contributed by atoms with Crippen LogP contribution in [-0.2, 0) is 153 Å². The summed E-state index contributed by atoms with van der Waals surface area (Å²) in [5.74, 6) is 0.918. The summed E-state index contributed by atoms with van der Waals surface area (Å²) in [6, 6.07) is 21.4. The van der Waals surface area contributed by atoms with Crippen LogP contribution < -0.4 is 0 Å². The van der Waals surface area contributed by atoms with Gasteiger partial charge in [0.05, 0.1) is 20.3 Å². The standard InChI is InChI=1S/C21H30OSi.C19H21ClO.S16/c1-6-21-13-17(22)12-18(21)15(2)20(16-10-8-7-9-11-16)19(14-21)23(3,4)5;1-2-19-8-7-14-13-5-3-4-6-15(13)18(20)10-16(14)17(19)9-12(21)11-19;1-3-5-7-9-11-13-15-16-14-12-10-8-6-4-2/h7-11,17-18,22H,2,6,12-14H2,1,3-5H3;3-6,10,12,17,21H,2,7-9,11H2,1H3;/t17-,18+,21+;12-,17+,19-;/m00./s1. The Hall–Kier alpha value is 1.35. The number of aryl methyl sites for hydroxylation is 1. The molecule has 20 heteroatoms. The van der Waals surface area contributed by atoms with Gasteiger partial charge in [-0.2, -0.15) is 0 Å². The Morgan fingerprint density at radius 2 is 1.18 bits per heavy atom. The Labute approximate surface area is 413 Å². The topological polar surface area (TPSA) is 40.5 Å². The molecule has 0 heterocycles. The summed E-state index contributed by atoms with van der Waals surface area (Å²) in [5.41, 5.74) is 7.44. The van der Waals surface area contributed by atoms with E-state index in [1.165, 1.54) is 62.8 Å². The van der Waals surface area contributed by atoms with Crippen molar-refractivity contribution in [2.75, 3.05) is 0 Å². The van der Waals surface area contributed by atoms with Gasteiger partial charge in [0.15, 0.2) is 0 Å². The largest absolute Gasteiger partial charge is 0.393 e. The first-order valence-electron chi connectivity index (χ1n) is 19.5. The number of fused-ring (bicyclic) bond motifs is 6. The summed E-state index contributed by atoms with van der Waals surface area (Å²) in [7, 11) is 22.1. The van der Waals surface area contributed by atoms with Crippen molar-refractivity contribution in [1.82, 2.24) is 0 Å². The summed E-state index contributed by atoms with van der Waals surface area (Å²) < 4.78 is 0. The smallest absolute Gasteiger partial charge is 0.0732 e. The minimum Gasteiger partial charge on any atom is -0.393 e. The molecule has 6 atom stereocenters. The third kappa shape index (κ3) is 13.5. The Balaban J connectivity index is 0.000000174. The van der Waals surface area contributed by atoms with Gasteiger partial charge >= 0.3 is 0 Å². The summed E-state index contributed by atoms with van der Waals surface area (Å²) in [5, 5.41) is 25.6. The molecule has 0 aromatic heterocycles. The molecule has 2 saturated carbocycles. The molecular formula is C40H51ClO2S16Si. The fourth-order valence-corrected chi connectivity index (χ4v) is 45.0. The van der Waals surface area contributed by atoms with Crippen LogP contribution in [-0.4, -0.2) is 30.5 Å². The van der Waals surface area contributed by atoms with Crippen LogP contribution in [0.2, 0.25) is 24.7 Å². The Kier molecular flexibility index (Phi) is 22.2.